The fourth-order valence-corrected chi connectivity index (χ4v) is 2.24. The van der Waals surface area contributed by atoms with Crippen molar-refractivity contribution in [1.29, 1.82) is 0 Å². The molecule has 0 fully saturated rings. The van der Waals surface area contributed by atoms with Gasteiger partial charge in [0.1, 0.15) is 5.01 Å². The molecule has 0 aliphatic rings. The number of rotatable bonds is 7. The Morgan fingerprint density at radius 3 is 3.00 bits per heavy atom. The number of hydrogen-bond donors (Lipinski definition) is 2. The van der Waals surface area contributed by atoms with Crippen LogP contribution in [0.1, 0.15) is 30.2 Å². The minimum absolute atomic E-state index is 0.653. The zero-order valence-corrected chi connectivity index (χ0v) is 10.4. The van der Waals surface area contributed by atoms with Crippen LogP contribution in [0.25, 0.3) is 0 Å². The molecule has 1 aromatic rings. The second-order valence-corrected chi connectivity index (χ2v) is 5.09. The van der Waals surface area contributed by atoms with Gasteiger partial charge in [0, 0.05) is 17.6 Å². The molecule has 0 saturated carbocycles. The summed E-state index contributed by atoms with van der Waals surface area (Å²) in [6, 6.07) is 0. The van der Waals surface area contributed by atoms with Crippen molar-refractivity contribution >= 4 is 11.3 Å². The molecule has 0 amide bonds. The Labute approximate surface area is 96.1 Å². The van der Waals surface area contributed by atoms with Gasteiger partial charge in [-0.25, -0.2) is 4.98 Å². The number of aryl methyl sites for hydroxylation is 1. The van der Waals surface area contributed by atoms with E-state index in [1.54, 1.807) is 11.3 Å². The first-order valence-electron chi connectivity index (χ1n) is 5.60. The molecule has 4 heteroatoms. The summed E-state index contributed by atoms with van der Waals surface area (Å²) in [7, 11) is 0. The minimum atomic E-state index is 0.653. The van der Waals surface area contributed by atoms with Gasteiger partial charge in [-0.05, 0) is 31.8 Å². The summed E-state index contributed by atoms with van der Waals surface area (Å²) in [5, 5.41) is 4.60. The van der Waals surface area contributed by atoms with E-state index in [9.17, 15) is 0 Å². The van der Waals surface area contributed by atoms with Crippen LogP contribution in [0, 0.1) is 5.92 Å². The quantitative estimate of drug-likeness (QED) is 0.746. The second kappa shape index (κ2) is 6.93. The van der Waals surface area contributed by atoms with Crippen LogP contribution in [0.3, 0.4) is 0 Å². The Morgan fingerprint density at radius 1 is 1.60 bits per heavy atom. The Bertz CT molecular complexity index is 273. The first kappa shape index (κ1) is 12.6. The van der Waals surface area contributed by atoms with Gasteiger partial charge in [-0.3, -0.25) is 0 Å². The minimum Gasteiger partial charge on any atom is -0.330 e. The number of nitrogens with zero attached hydrogens (tertiary/aromatic N) is 1. The monoisotopic (exact) mass is 227 g/mol. The smallest absolute Gasteiger partial charge is 0.107 e. The van der Waals surface area contributed by atoms with Gasteiger partial charge in [-0.2, -0.15) is 0 Å². The molecule has 1 heterocycles. The maximum atomic E-state index is 5.50. The molecule has 0 radical (unpaired) electrons. The average molecular weight is 227 g/mol. The molecule has 3 nitrogen and oxygen atoms in total. The Kier molecular flexibility index (Phi) is 5.83. The lowest BCUT2D eigenvalue weighted by molar-refractivity contribution is 0.486. The number of hydrogen-bond acceptors (Lipinski definition) is 4. The van der Waals surface area contributed by atoms with Crippen molar-refractivity contribution in [2.24, 2.45) is 11.7 Å². The lowest BCUT2D eigenvalue weighted by atomic mass is 10.1. The van der Waals surface area contributed by atoms with Gasteiger partial charge in [0.05, 0.1) is 0 Å². The molecule has 3 N–H and O–H groups in total. The predicted octanol–water partition coefficient (Wildman–Crippen LogP) is 1.78. The summed E-state index contributed by atoms with van der Waals surface area (Å²) in [5.41, 5.74) is 5.50. The molecule has 0 aliphatic carbocycles. The summed E-state index contributed by atoms with van der Waals surface area (Å²) >= 11 is 1.80. The highest BCUT2D eigenvalue weighted by Gasteiger charge is 2.02. The summed E-state index contributed by atoms with van der Waals surface area (Å²) < 4.78 is 0. The number of nitrogens with two attached hydrogens (primary N) is 1. The zero-order chi connectivity index (χ0) is 11.1. The first-order chi connectivity index (χ1) is 7.26. The highest BCUT2D eigenvalue weighted by Crippen LogP contribution is 2.12. The van der Waals surface area contributed by atoms with Crippen molar-refractivity contribution in [3.8, 4) is 0 Å². The molecule has 1 unspecified atom stereocenters. The van der Waals surface area contributed by atoms with Gasteiger partial charge < -0.3 is 11.1 Å². The third-order valence-electron chi connectivity index (χ3n) is 2.38. The van der Waals surface area contributed by atoms with Crippen LogP contribution in [0.2, 0.25) is 0 Å². The topological polar surface area (TPSA) is 50.9 Å². The maximum Gasteiger partial charge on any atom is 0.107 e. The Morgan fingerprint density at radius 2 is 2.40 bits per heavy atom. The number of aromatic nitrogens is 1. The third-order valence-corrected chi connectivity index (χ3v) is 3.52. The molecule has 1 atom stereocenters. The van der Waals surface area contributed by atoms with E-state index in [0.29, 0.717) is 5.92 Å². The average Bonchev–Trinajstić information content (AvgIpc) is 2.66. The van der Waals surface area contributed by atoms with E-state index < -0.39 is 0 Å². The van der Waals surface area contributed by atoms with Crippen molar-refractivity contribution in [3.05, 3.63) is 16.1 Å². The van der Waals surface area contributed by atoms with Gasteiger partial charge in [0.2, 0.25) is 0 Å². The Hall–Kier alpha value is -0.450. The van der Waals surface area contributed by atoms with Crippen molar-refractivity contribution in [1.82, 2.24) is 10.3 Å². The molecule has 0 spiro atoms. The molecule has 1 rings (SSSR count). The maximum absolute atomic E-state index is 5.50. The SMILES string of the molecule is CCc1cnc(CNCC(C)CCN)s1. The molecule has 86 valence electrons. The van der Waals surface area contributed by atoms with E-state index in [1.165, 1.54) is 9.88 Å². The lowest BCUT2D eigenvalue weighted by Crippen LogP contribution is -2.22. The molecule has 0 bridgehead atoms. The van der Waals surface area contributed by atoms with Crippen LogP contribution in [0.15, 0.2) is 6.20 Å². The highest BCUT2D eigenvalue weighted by molar-refractivity contribution is 7.11. The van der Waals surface area contributed by atoms with E-state index >= 15 is 0 Å². The van der Waals surface area contributed by atoms with Crippen molar-refractivity contribution in [3.63, 3.8) is 0 Å². The molecule has 0 saturated heterocycles. The van der Waals surface area contributed by atoms with Crippen LogP contribution >= 0.6 is 11.3 Å². The number of thiazole rings is 1. The van der Waals surface area contributed by atoms with Gasteiger partial charge in [0.15, 0.2) is 0 Å². The molecular weight excluding hydrogens is 206 g/mol. The third kappa shape index (κ3) is 4.73. The van der Waals surface area contributed by atoms with Gasteiger partial charge in [-0.1, -0.05) is 13.8 Å². The van der Waals surface area contributed by atoms with Gasteiger partial charge in [-0.15, -0.1) is 11.3 Å². The zero-order valence-electron chi connectivity index (χ0n) is 9.62. The van der Waals surface area contributed by atoms with E-state index in [1.807, 2.05) is 6.20 Å². The van der Waals surface area contributed by atoms with Gasteiger partial charge in [0.25, 0.3) is 0 Å². The van der Waals surface area contributed by atoms with Crippen LogP contribution < -0.4 is 11.1 Å². The normalized spacial score (nSPS) is 13.0. The summed E-state index contributed by atoms with van der Waals surface area (Å²) in [5.74, 6) is 0.653. The Balaban J connectivity index is 2.19. The van der Waals surface area contributed by atoms with E-state index in [0.717, 1.165) is 32.5 Å². The molecule has 0 aromatic carbocycles. The predicted molar refractivity (Wildman–Crippen MR) is 66.0 cm³/mol. The lowest BCUT2D eigenvalue weighted by Gasteiger charge is -2.09. The largest absolute Gasteiger partial charge is 0.330 e. The van der Waals surface area contributed by atoms with E-state index in [4.69, 9.17) is 5.73 Å². The van der Waals surface area contributed by atoms with E-state index in [2.05, 4.69) is 24.1 Å². The molecule has 15 heavy (non-hydrogen) atoms. The fraction of sp³-hybridized carbons (Fsp3) is 0.727. The summed E-state index contributed by atoms with van der Waals surface area (Å²) in [4.78, 5) is 5.72. The standard InChI is InChI=1S/C11H21N3S/c1-3-10-7-14-11(15-10)8-13-6-9(2)4-5-12/h7,9,13H,3-6,8,12H2,1-2H3. The summed E-state index contributed by atoms with van der Waals surface area (Å²) in [6.45, 7) is 7.07. The fourth-order valence-electron chi connectivity index (χ4n) is 1.41. The van der Waals surface area contributed by atoms with E-state index in [-0.39, 0.29) is 0 Å². The molecular formula is C11H21N3S. The van der Waals surface area contributed by atoms with Crippen molar-refractivity contribution in [2.75, 3.05) is 13.1 Å². The number of nitrogens with one attached hydrogen (secondary N) is 1. The van der Waals surface area contributed by atoms with Crippen LogP contribution in [0.5, 0.6) is 0 Å². The van der Waals surface area contributed by atoms with Crippen LogP contribution in [-0.4, -0.2) is 18.1 Å². The van der Waals surface area contributed by atoms with Gasteiger partial charge >= 0.3 is 0 Å². The van der Waals surface area contributed by atoms with Crippen LogP contribution in [0.4, 0.5) is 0 Å². The summed E-state index contributed by atoms with van der Waals surface area (Å²) in [6.07, 6.45) is 4.15. The first-order valence-corrected chi connectivity index (χ1v) is 6.42. The van der Waals surface area contributed by atoms with Crippen molar-refractivity contribution in [2.45, 2.75) is 33.2 Å². The molecule has 0 aliphatic heterocycles. The second-order valence-electron chi connectivity index (χ2n) is 3.89. The van der Waals surface area contributed by atoms with Crippen LogP contribution in [-0.2, 0) is 13.0 Å². The molecule has 1 aromatic heterocycles. The van der Waals surface area contributed by atoms with Crippen molar-refractivity contribution < 1.29 is 0 Å². The highest BCUT2D eigenvalue weighted by atomic mass is 32.1.